The smallest absolute Gasteiger partial charge is 0.249 e. The highest BCUT2D eigenvalue weighted by molar-refractivity contribution is 6.07. The van der Waals surface area contributed by atoms with E-state index < -0.39 is 0 Å². The van der Waals surface area contributed by atoms with E-state index in [1.54, 1.807) is 0 Å². The fourth-order valence-electron chi connectivity index (χ4n) is 1.38. The maximum Gasteiger partial charge on any atom is 0.350 e. The Morgan fingerprint density at radius 3 is 2.47 bits per heavy atom. The van der Waals surface area contributed by atoms with E-state index in [2.05, 4.69) is 6.58 Å². The summed E-state index contributed by atoms with van der Waals surface area (Å²) in [5, 5.41) is 0. The van der Waals surface area contributed by atoms with Crippen molar-refractivity contribution in [2.75, 3.05) is 0 Å². The molecule has 0 saturated carbocycles. The van der Waals surface area contributed by atoms with E-state index in [0.717, 1.165) is 11.4 Å². The maximum absolute atomic E-state index is 5.66. The third kappa shape index (κ3) is 2.53. The van der Waals surface area contributed by atoms with E-state index in [9.17, 15) is 0 Å². The van der Waals surface area contributed by atoms with E-state index in [4.69, 9.17) is 4.42 Å². The molecule has 0 aliphatic heterocycles. The first-order valence-electron chi connectivity index (χ1n) is 4.94. The number of hydrogen-bond acceptors (Lipinski definition) is 0. The molecule has 0 bridgehead atoms. The SMILES string of the molecule is C=C1C=CC=CC1=[O+]Cc1ccccc1. The molecule has 0 unspecified atom stereocenters. The molecule has 1 nitrogen and oxygen atoms in total. The van der Waals surface area contributed by atoms with Crippen LogP contribution in [0.2, 0.25) is 0 Å². The number of ketones is 1. The Morgan fingerprint density at radius 2 is 1.73 bits per heavy atom. The van der Waals surface area contributed by atoms with Crippen molar-refractivity contribution in [1.29, 1.82) is 0 Å². The molecule has 0 N–H and O–H groups in total. The highest BCUT2D eigenvalue weighted by atomic mass is 16.4. The van der Waals surface area contributed by atoms with Gasteiger partial charge in [0, 0.05) is 11.6 Å². The van der Waals surface area contributed by atoms with Gasteiger partial charge in [0.1, 0.15) is 0 Å². The van der Waals surface area contributed by atoms with Gasteiger partial charge in [0.05, 0.1) is 5.57 Å². The van der Waals surface area contributed by atoms with Crippen molar-refractivity contribution in [3.63, 3.8) is 0 Å². The van der Waals surface area contributed by atoms with Crippen LogP contribution in [0.5, 0.6) is 0 Å². The molecule has 0 atom stereocenters. The summed E-state index contributed by atoms with van der Waals surface area (Å²) in [4.78, 5) is 0. The Kier molecular flexibility index (Phi) is 2.93. The van der Waals surface area contributed by atoms with E-state index in [0.29, 0.717) is 6.61 Å². The zero-order valence-electron chi connectivity index (χ0n) is 8.52. The molecule has 0 heterocycles. The van der Waals surface area contributed by atoms with Crippen molar-refractivity contribution in [2.45, 2.75) is 6.61 Å². The lowest BCUT2D eigenvalue weighted by Crippen LogP contribution is -2.03. The van der Waals surface area contributed by atoms with Crippen LogP contribution in [-0.4, -0.2) is 5.78 Å². The van der Waals surface area contributed by atoms with Crippen LogP contribution in [0.15, 0.2) is 66.8 Å². The summed E-state index contributed by atoms with van der Waals surface area (Å²) in [7, 11) is 0. The van der Waals surface area contributed by atoms with Crippen LogP contribution in [-0.2, 0) is 11.0 Å². The zero-order chi connectivity index (χ0) is 10.5. The van der Waals surface area contributed by atoms with Gasteiger partial charge in [-0.15, -0.1) is 0 Å². The fourth-order valence-corrected chi connectivity index (χ4v) is 1.38. The molecular formula is C14H13O+. The summed E-state index contributed by atoms with van der Waals surface area (Å²) in [6, 6.07) is 10.1. The minimum atomic E-state index is 0.591. The molecular weight excluding hydrogens is 184 g/mol. The van der Waals surface area contributed by atoms with Crippen molar-refractivity contribution < 1.29 is 4.42 Å². The van der Waals surface area contributed by atoms with Crippen LogP contribution in [0.25, 0.3) is 0 Å². The van der Waals surface area contributed by atoms with Crippen molar-refractivity contribution in [1.82, 2.24) is 0 Å². The van der Waals surface area contributed by atoms with Gasteiger partial charge in [-0.2, -0.15) is 0 Å². The minimum absolute atomic E-state index is 0.591. The Balaban J connectivity index is 2.09. The second kappa shape index (κ2) is 4.56. The van der Waals surface area contributed by atoms with Gasteiger partial charge in [0.2, 0.25) is 0 Å². The van der Waals surface area contributed by atoms with Gasteiger partial charge in [-0.25, -0.2) is 4.42 Å². The summed E-state index contributed by atoms with van der Waals surface area (Å²) in [5.41, 5.74) is 2.09. The first-order valence-corrected chi connectivity index (χ1v) is 4.94. The van der Waals surface area contributed by atoms with Crippen LogP contribution in [0.1, 0.15) is 5.56 Å². The first-order chi connectivity index (χ1) is 7.36. The van der Waals surface area contributed by atoms with Gasteiger partial charge in [0.25, 0.3) is 6.61 Å². The Labute approximate surface area is 89.8 Å². The summed E-state index contributed by atoms with van der Waals surface area (Å²) in [6.07, 6.45) is 7.79. The molecule has 0 amide bonds. The second-order valence-corrected chi connectivity index (χ2v) is 3.38. The van der Waals surface area contributed by atoms with Crippen LogP contribution in [0.3, 0.4) is 0 Å². The van der Waals surface area contributed by atoms with Crippen molar-refractivity contribution in [3.05, 3.63) is 72.4 Å². The molecule has 1 heteroatoms. The number of benzene rings is 1. The molecule has 1 aliphatic carbocycles. The highest BCUT2D eigenvalue weighted by Gasteiger charge is 2.12. The van der Waals surface area contributed by atoms with Gasteiger partial charge in [0.15, 0.2) is 0 Å². The lowest BCUT2D eigenvalue weighted by molar-refractivity contribution is -0.473. The number of hydrogen-bond donors (Lipinski definition) is 0. The average Bonchev–Trinajstić information content (AvgIpc) is 2.29. The highest BCUT2D eigenvalue weighted by Crippen LogP contribution is 2.05. The minimum Gasteiger partial charge on any atom is -0.249 e. The normalized spacial score (nSPS) is 17.3. The molecule has 15 heavy (non-hydrogen) atoms. The Morgan fingerprint density at radius 1 is 1.00 bits per heavy atom. The second-order valence-electron chi connectivity index (χ2n) is 3.38. The van der Waals surface area contributed by atoms with E-state index in [-0.39, 0.29) is 0 Å². The van der Waals surface area contributed by atoms with Gasteiger partial charge in [-0.05, 0) is 18.2 Å². The van der Waals surface area contributed by atoms with Crippen molar-refractivity contribution in [2.24, 2.45) is 0 Å². The quantitative estimate of drug-likeness (QED) is 0.510. The molecule has 1 aromatic rings. The van der Waals surface area contributed by atoms with Gasteiger partial charge < -0.3 is 0 Å². The molecule has 2 rings (SSSR count). The fraction of sp³-hybridized carbons (Fsp3) is 0.0714. The third-order valence-electron chi connectivity index (χ3n) is 2.21. The van der Waals surface area contributed by atoms with Crippen LogP contribution < -0.4 is 0 Å². The monoisotopic (exact) mass is 197 g/mol. The number of carbonyl (C=O) groups excluding carboxylic acids is 1. The molecule has 1 aromatic carbocycles. The van der Waals surface area contributed by atoms with E-state index in [1.807, 2.05) is 54.6 Å². The van der Waals surface area contributed by atoms with Crippen molar-refractivity contribution >= 4 is 5.78 Å². The topological polar surface area (TPSA) is 11.3 Å². The van der Waals surface area contributed by atoms with Crippen LogP contribution >= 0.6 is 0 Å². The molecule has 0 radical (unpaired) electrons. The Bertz CT molecular complexity index is 436. The van der Waals surface area contributed by atoms with E-state index in [1.165, 1.54) is 5.56 Å². The Hall–Kier alpha value is -1.89. The maximum atomic E-state index is 5.66. The summed E-state index contributed by atoms with van der Waals surface area (Å²) in [6.45, 7) is 4.50. The molecule has 0 spiro atoms. The summed E-state index contributed by atoms with van der Waals surface area (Å²) < 4.78 is 5.66. The predicted octanol–water partition coefficient (Wildman–Crippen LogP) is 2.97. The van der Waals surface area contributed by atoms with Crippen molar-refractivity contribution in [3.8, 4) is 0 Å². The molecule has 0 saturated heterocycles. The number of rotatable bonds is 2. The van der Waals surface area contributed by atoms with Gasteiger partial charge in [-0.3, -0.25) is 0 Å². The third-order valence-corrected chi connectivity index (χ3v) is 2.21. The summed E-state index contributed by atoms with van der Waals surface area (Å²) in [5.74, 6) is 0.848. The molecule has 0 fully saturated rings. The van der Waals surface area contributed by atoms with Crippen LogP contribution in [0, 0.1) is 0 Å². The number of allylic oxidation sites excluding steroid dienone is 5. The molecule has 1 aliphatic rings. The standard InChI is InChI=1S/C14H13O/c1-12-7-5-6-10-14(12)15-11-13-8-3-2-4-9-13/h2-10H,1,11H2/q+1. The molecule has 74 valence electrons. The largest absolute Gasteiger partial charge is 0.350 e. The average molecular weight is 197 g/mol. The molecule has 0 aromatic heterocycles. The van der Waals surface area contributed by atoms with E-state index >= 15 is 0 Å². The lowest BCUT2D eigenvalue weighted by atomic mass is 10.1. The summed E-state index contributed by atoms with van der Waals surface area (Å²) >= 11 is 0. The predicted molar refractivity (Wildman–Crippen MR) is 62.6 cm³/mol. The van der Waals surface area contributed by atoms with Crippen LogP contribution in [0.4, 0.5) is 0 Å². The lowest BCUT2D eigenvalue weighted by Gasteiger charge is -1.94. The first kappa shape index (κ1) is 9.66. The van der Waals surface area contributed by atoms with Gasteiger partial charge >= 0.3 is 5.78 Å². The zero-order valence-corrected chi connectivity index (χ0v) is 8.52. The van der Waals surface area contributed by atoms with Gasteiger partial charge in [-0.1, -0.05) is 36.9 Å².